The van der Waals surface area contributed by atoms with Crippen LogP contribution in [0, 0.1) is 5.92 Å². The molecule has 88 valence electrons. The molecule has 0 spiro atoms. The third-order valence-electron chi connectivity index (χ3n) is 2.98. The lowest BCUT2D eigenvalue weighted by molar-refractivity contribution is 0.104. The summed E-state index contributed by atoms with van der Waals surface area (Å²) < 4.78 is 0. The molecule has 2 unspecified atom stereocenters. The Labute approximate surface area is 100 Å². The molecule has 0 amide bonds. The van der Waals surface area contributed by atoms with Crippen molar-refractivity contribution in [2.75, 3.05) is 11.9 Å². The van der Waals surface area contributed by atoms with Crippen molar-refractivity contribution in [2.45, 2.75) is 31.8 Å². The van der Waals surface area contributed by atoms with Crippen LogP contribution in [0.1, 0.15) is 25.7 Å². The van der Waals surface area contributed by atoms with Crippen molar-refractivity contribution in [2.24, 2.45) is 5.92 Å². The molecule has 1 aromatic heterocycles. The van der Waals surface area contributed by atoms with Crippen molar-refractivity contribution in [1.29, 1.82) is 0 Å². The Balaban J connectivity index is 1.85. The molecule has 0 bridgehead atoms. The second kappa shape index (κ2) is 5.46. The van der Waals surface area contributed by atoms with Gasteiger partial charge in [-0.2, -0.15) is 0 Å². The van der Waals surface area contributed by atoms with E-state index in [9.17, 15) is 5.11 Å². The predicted octanol–water partition coefficient (Wildman–Crippen LogP) is 2.09. The number of nitrogens with zero attached hydrogens (tertiary/aromatic N) is 2. The van der Waals surface area contributed by atoms with Crippen LogP contribution in [0.5, 0.6) is 0 Å². The highest BCUT2D eigenvalue weighted by atomic mass is 35.5. The van der Waals surface area contributed by atoms with Crippen molar-refractivity contribution in [3.8, 4) is 0 Å². The summed E-state index contributed by atoms with van der Waals surface area (Å²) in [6.07, 6.45) is 6.98. The van der Waals surface area contributed by atoms with E-state index in [1.54, 1.807) is 6.20 Å². The molecular formula is C11H16ClN3O. The zero-order valence-corrected chi connectivity index (χ0v) is 9.82. The summed E-state index contributed by atoms with van der Waals surface area (Å²) >= 11 is 5.93. The van der Waals surface area contributed by atoms with E-state index in [0.717, 1.165) is 32.2 Å². The van der Waals surface area contributed by atoms with Gasteiger partial charge in [-0.3, -0.25) is 0 Å². The first kappa shape index (κ1) is 11.6. The van der Waals surface area contributed by atoms with Gasteiger partial charge in [0.2, 0.25) is 0 Å². The molecule has 1 aromatic rings. The maximum Gasteiger partial charge on any atom is 0.148 e. The smallest absolute Gasteiger partial charge is 0.148 e. The van der Waals surface area contributed by atoms with Crippen molar-refractivity contribution in [3.63, 3.8) is 0 Å². The van der Waals surface area contributed by atoms with Gasteiger partial charge in [0.1, 0.15) is 17.2 Å². The van der Waals surface area contributed by atoms with Crippen LogP contribution in [0.4, 0.5) is 5.82 Å². The molecule has 1 fully saturated rings. The number of aliphatic hydroxyl groups is 1. The summed E-state index contributed by atoms with van der Waals surface area (Å²) in [5.74, 6) is 1.19. The summed E-state index contributed by atoms with van der Waals surface area (Å²) in [6, 6.07) is 0. The normalized spacial score (nSPS) is 25.4. The fourth-order valence-corrected chi connectivity index (χ4v) is 2.30. The Kier molecular flexibility index (Phi) is 3.96. The number of nitrogens with one attached hydrogen (secondary N) is 1. The van der Waals surface area contributed by atoms with Crippen LogP contribution in [-0.4, -0.2) is 27.7 Å². The van der Waals surface area contributed by atoms with Gasteiger partial charge < -0.3 is 10.4 Å². The van der Waals surface area contributed by atoms with Crippen LogP contribution < -0.4 is 5.32 Å². The quantitative estimate of drug-likeness (QED) is 0.851. The second-order valence-electron chi connectivity index (χ2n) is 4.29. The molecule has 2 rings (SSSR count). The lowest BCUT2D eigenvalue weighted by atomic mass is 9.87. The summed E-state index contributed by atoms with van der Waals surface area (Å²) in [4.78, 5) is 7.89. The van der Waals surface area contributed by atoms with Gasteiger partial charge in [0.05, 0.1) is 12.3 Å². The second-order valence-corrected chi connectivity index (χ2v) is 4.69. The maximum absolute atomic E-state index is 9.55. The van der Waals surface area contributed by atoms with Crippen LogP contribution in [0.3, 0.4) is 0 Å². The van der Waals surface area contributed by atoms with E-state index in [2.05, 4.69) is 15.3 Å². The first-order valence-electron chi connectivity index (χ1n) is 5.63. The van der Waals surface area contributed by atoms with Gasteiger partial charge in [0, 0.05) is 6.54 Å². The molecule has 2 N–H and O–H groups in total. The molecule has 0 aromatic carbocycles. The Morgan fingerprint density at radius 2 is 2.38 bits per heavy atom. The Morgan fingerprint density at radius 3 is 3.12 bits per heavy atom. The third kappa shape index (κ3) is 3.06. The first-order valence-corrected chi connectivity index (χ1v) is 6.01. The zero-order valence-electron chi connectivity index (χ0n) is 9.06. The highest BCUT2D eigenvalue weighted by Crippen LogP contribution is 2.25. The van der Waals surface area contributed by atoms with Gasteiger partial charge >= 0.3 is 0 Å². The van der Waals surface area contributed by atoms with Crippen LogP contribution in [0.2, 0.25) is 5.02 Å². The molecule has 0 radical (unpaired) electrons. The van der Waals surface area contributed by atoms with E-state index in [-0.39, 0.29) is 6.10 Å². The zero-order chi connectivity index (χ0) is 11.4. The summed E-state index contributed by atoms with van der Waals surface area (Å²) in [6.45, 7) is 0.813. The molecule has 1 aliphatic carbocycles. The highest BCUT2D eigenvalue weighted by molar-refractivity contribution is 6.32. The fourth-order valence-electron chi connectivity index (χ4n) is 2.13. The minimum atomic E-state index is -0.138. The van der Waals surface area contributed by atoms with E-state index >= 15 is 0 Å². The van der Waals surface area contributed by atoms with E-state index < -0.39 is 0 Å². The Morgan fingerprint density at radius 1 is 1.50 bits per heavy atom. The number of hydrogen-bond donors (Lipinski definition) is 2. The molecular weight excluding hydrogens is 226 g/mol. The van der Waals surface area contributed by atoms with Crippen molar-refractivity contribution in [3.05, 3.63) is 17.5 Å². The molecule has 0 aliphatic heterocycles. The van der Waals surface area contributed by atoms with Crippen LogP contribution in [-0.2, 0) is 0 Å². The monoisotopic (exact) mass is 241 g/mol. The standard InChI is InChI=1S/C11H16ClN3O/c12-10-6-13-7-15-11(10)14-5-8-2-1-3-9(16)4-8/h6-9,16H,1-5H2,(H,13,14,15). The van der Waals surface area contributed by atoms with Crippen LogP contribution >= 0.6 is 11.6 Å². The molecule has 5 heteroatoms. The fraction of sp³-hybridized carbons (Fsp3) is 0.636. The minimum absolute atomic E-state index is 0.138. The van der Waals surface area contributed by atoms with E-state index in [1.165, 1.54) is 6.33 Å². The first-order chi connectivity index (χ1) is 7.75. The molecule has 1 heterocycles. The topological polar surface area (TPSA) is 58.0 Å². The molecule has 1 saturated carbocycles. The van der Waals surface area contributed by atoms with E-state index in [0.29, 0.717) is 16.8 Å². The molecule has 2 atom stereocenters. The minimum Gasteiger partial charge on any atom is -0.393 e. The average Bonchev–Trinajstić information content (AvgIpc) is 2.28. The highest BCUT2D eigenvalue weighted by Gasteiger charge is 2.20. The SMILES string of the molecule is OC1CCCC(CNc2ncncc2Cl)C1. The van der Waals surface area contributed by atoms with Crippen molar-refractivity contribution >= 4 is 17.4 Å². The Hall–Kier alpha value is -0.870. The van der Waals surface area contributed by atoms with Crippen LogP contribution in [0.15, 0.2) is 12.5 Å². The van der Waals surface area contributed by atoms with Gasteiger partial charge in [-0.25, -0.2) is 9.97 Å². The number of halogens is 1. The largest absolute Gasteiger partial charge is 0.393 e. The van der Waals surface area contributed by atoms with Gasteiger partial charge in [0.15, 0.2) is 0 Å². The Bertz CT molecular complexity index is 348. The maximum atomic E-state index is 9.55. The van der Waals surface area contributed by atoms with Gasteiger partial charge in [-0.15, -0.1) is 0 Å². The predicted molar refractivity (Wildman–Crippen MR) is 63.5 cm³/mol. The van der Waals surface area contributed by atoms with Gasteiger partial charge in [0.25, 0.3) is 0 Å². The van der Waals surface area contributed by atoms with E-state index in [1.807, 2.05) is 0 Å². The number of hydrogen-bond acceptors (Lipinski definition) is 4. The lowest BCUT2D eigenvalue weighted by Crippen LogP contribution is -2.25. The van der Waals surface area contributed by atoms with E-state index in [4.69, 9.17) is 11.6 Å². The van der Waals surface area contributed by atoms with Crippen molar-refractivity contribution in [1.82, 2.24) is 9.97 Å². The van der Waals surface area contributed by atoms with Crippen LogP contribution in [0.25, 0.3) is 0 Å². The molecule has 4 nitrogen and oxygen atoms in total. The number of aromatic nitrogens is 2. The molecule has 16 heavy (non-hydrogen) atoms. The number of aliphatic hydroxyl groups excluding tert-OH is 1. The van der Waals surface area contributed by atoms with Gasteiger partial charge in [-0.05, 0) is 25.2 Å². The third-order valence-corrected chi connectivity index (χ3v) is 3.26. The summed E-state index contributed by atoms with van der Waals surface area (Å²) in [5.41, 5.74) is 0. The molecule has 0 saturated heterocycles. The molecule has 1 aliphatic rings. The summed E-state index contributed by atoms with van der Waals surface area (Å²) in [7, 11) is 0. The average molecular weight is 242 g/mol. The van der Waals surface area contributed by atoms with Crippen molar-refractivity contribution < 1.29 is 5.11 Å². The van der Waals surface area contributed by atoms with Gasteiger partial charge in [-0.1, -0.05) is 18.0 Å². The number of anilines is 1. The summed E-state index contributed by atoms with van der Waals surface area (Å²) in [5, 5.41) is 13.3. The number of rotatable bonds is 3. The lowest BCUT2D eigenvalue weighted by Gasteiger charge is -2.26.